The SMILES string of the molecule is O=C(COc1c(-c2csc(N3CCOCC3)n2)ccc(F)c1F)NCCCCCN1CCN(c2cc3c(cc2F)C(=O)N(C2CCC(=O)NC2=O)C3=O)CC1. The van der Waals surface area contributed by atoms with Crippen molar-refractivity contribution in [2.75, 3.05) is 82.0 Å². The number of hydrogen-bond acceptors (Lipinski definition) is 12. The first-order valence-electron chi connectivity index (χ1n) is 18.3. The van der Waals surface area contributed by atoms with Gasteiger partial charge in [0.15, 0.2) is 23.3 Å². The zero-order valence-corrected chi connectivity index (χ0v) is 30.7. The van der Waals surface area contributed by atoms with Gasteiger partial charge in [0.05, 0.1) is 35.7 Å². The molecular weight excluding hydrogens is 744 g/mol. The van der Waals surface area contributed by atoms with Gasteiger partial charge in [0.25, 0.3) is 17.7 Å². The van der Waals surface area contributed by atoms with Crippen LogP contribution >= 0.6 is 11.3 Å². The molecule has 4 aliphatic heterocycles. The number of carbonyl (C=O) groups excluding carboxylic acids is 5. The zero-order chi connectivity index (χ0) is 38.6. The monoisotopic (exact) mass is 783 g/mol. The summed E-state index contributed by atoms with van der Waals surface area (Å²) in [6.07, 6.45) is 2.38. The molecular formula is C37H40F3N7O7S. The average Bonchev–Trinajstić information content (AvgIpc) is 3.76. The van der Waals surface area contributed by atoms with Crippen LogP contribution in [0.4, 0.5) is 24.0 Å². The van der Waals surface area contributed by atoms with Crippen LogP contribution in [0.3, 0.4) is 0 Å². The molecule has 5 heterocycles. The second-order valence-corrected chi connectivity index (χ2v) is 14.5. The minimum Gasteiger partial charge on any atom is -0.480 e. The van der Waals surface area contributed by atoms with Crippen LogP contribution in [0.15, 0.2) is 29.6 Å². The number of morpholine rings is 1. The number of rotatable bonds is 13. The van der Waals surface area contributed by atoms with Gasteiger partial charge in [-0.15, -0.1) is 11.3 Å². The maximum absolute atomic E-state index is 15.3. The number of amides is 5. The van der Waals surface area contributed by atoms with E-state index in [0.717, 1.165) is 41.6 Å². The first kappa shape index (κ1) is 38.2. The molecule has 3 fully saturated rings. The van der Waals surface area contributed by atoms with E-state index in [0.29, 0.717) is 71.1 Å². The third kappa shape index (κ3) is 8.30. The van der Waals surface area contributed by atoms with Crippen LogP contribution in [0, 0.1) is 17.5 Å². The van der Waals surface area contributed by atoms with Crippen molar-refractivity contribution in [2.45, 2.75) is 38.1 Å². The Bertz CT molecular complexity index is 1980. The highest BCUT2D eigenvalue weighted by Gasteiger charge is 2.45. The summed E-state index contributed by atoms with van der Waals surface area (Å²) < 4.78 is 55.2. The van der Waals surface area contributed by atoms with Crippen LogP contribution < -0.4 is 25.2 Å². The van der Waals surface area contributed by atoms with Crippen molar-refractivity contribution in [2.24, 2.45) is 0 Å². The minimum absolute atomic E-state index is 0.00428. The normalized spacial score (nSPS) is 19.2. The number of halogens is 3. The summed E-state index contributed by atoms with van der Waals surface area (Å²) in [5.74, 6) is -6.37. The summed E-state index contributed by atoms with van der Waals surface area (Å²) in [5.41, 5.74) is 0.823. The molecule has 0 bridgehead atoms. The standard InChI is InChI=1S/C37H40F3N7O7S/c38-25-5-4-22(27-21-55-37(42-27)46-14-16-53-17-15-46)33(32(25)40)54-20-31(49)41-8-2-1-3-9-44-10-12-45(13-11-44)29-19-24-23(18-26(29)39)35(51)47(36(24)52)28-6-7-30(48)43-34(28)50/h4-5,18-19,21,28H,1-3,6-17,20H2,(H,41,49)(H,43,48,50). The van der Waals surface area contributed by atoms with Gasteiger partial charge in [-0.05, 0) is 50.1 Å². The number of aromatic nitrogens is 1. The molecule has 1 aromatic heterocycles. The van der Waals surface area contributed by atoms with E-state index in [9.17, 15) is 32.8 Å². The maximum Gasteiger partial charge on any atom is 0.262 e. The molecule has 14 nitrogen and oxygen atoms in total. The molecule has 3 aromatic rings. The Labute approximate surface area is 318 Å². The number of piperidine rings is 1. The Balaban J connectivity index is 0.826. The fourth-order valence-electron chi connectivity index (χ4n) is 7.15. The van der Waals surface area contributed by atoms with E-state index in [4.69, 9.17) is 9.47 Å². The van der Waals surface area contributed by atoms with E-state index in [2.05, 4.69) is 25.4 Å². The smallest absolute Gasteiger partial charge is 0.262 e. The summed E-state index contributed by atoms with van der Waals surface area (Å²) in [5, 5.41) is 7.39. The molecule has 7 rings (SSSR count). The fourth-order valence-corrected chi connectivity index (χ4v) is 8.03. The van der Waals surface area contributed by atoms with Crippen LogP contribution in [0.5, 0.6) is 5.75 Å². The first-order chi connectivity index (χ1) is 26.6. The number of carbonyl (C=O) groups is 5. The van der Waals surface area contributed by atoms with Gasteiger partial charge in [0, 0.05) is 63.2 Å². The number of nitrogens with zero attached hydrogens (tertiary/aromatic N) is 5. The van der Waals surface area contributed by atoms with Crippen LogP contribution in [0.25, 0.3) is 11.3 Å². The Morgan fingerprint density at radius 2 is 1.65 bits per heavy atom. The van der Waals surface area contributed by atoms with Crippen molar-refractivity contribution in [3.8, 4) is 17.0 Å². The average molecular weight is 784 g/mol. The number of anilines is 2. The van der Waals surface area contributed by atoms with Crippen molar-refractivity contribution in [1.29, 1.82) is 0 Å². The molecule has 0 saturated carbocycles. The van der Waals surface area contributed by atoms with Crippen LogP contribution in [0.2, 0.25) is 0 Å². The second-order valence-electron chi connectivity index (χ2n) is 13.7. The third-order valence-corrected chi connectivity index (χ3v) is 11.0. The summed E-state index contributed by atoms with van der Waals surface area (Å²) >= 11 is 1.38. The Morgan fingerprint density at radius 3 is 2.40 bits per heavy atom. The van der Waals surface area contributed by atoms with E-state index < -0.39 is 59.6 Å². The van der Waals surface area contributed by atoms with Gasteiger partial charge >= 0.3 is 0 Å². The highest BCUT2D eigenvalue weighted by Crippen LogP contribution is 2.37. The van der Waals surface area contributed by atoms with E-state index in [1.54, 1.807) is 5.38 Å². The van der Waals surface area contributed by atoms with Crippen molar-refractivity contribution >= 4 is 51.7 Å². The minimum atomic E-state index is -1.19. The number of imide groups is 2. The van der Waals surface area contributed by atoms with Gasteiger partial charge in [-0.2, -0.15) is 4.39 Å². The molecule has 2 aromatic carbocycles. The van der Waals surface area contributed by atoms with Gasteiger partial charge in [0.2, 0.25) is 17.6 Å². The number of piperazine rings is 1. The van der Waals surface area contributed by atoms with Crippen LogP contribution in [-0.4, -0.2) is 123 Å². The molecule has 292 valence electrons. The summed E-state index contributed by atoms with van der Waals surface area (Å²) in [6.45, 7) is 5.48. The number of fused-ring (bicyclic) bond motifs is 1. The van der Waals surface area contributed by atoms with Gasteiger partial charge in [-0.3, -0.25) is 39.1 Å². The van der Waals surface area contributed by atoms with E-state index >= 15 is 4.39 Å². The lowest BCUT2D eigenvalue weighted by atomic mass is 10.0. The molecule has 4 aliphatic rings. The number of nitrogens with one attached hydrogen (secondary N) is 2. The molecule has 1 atom stereocenters. The summed E-state index contributed by atoms with van der Waals surface area (Å²) in [4.78, 5) is 74.2. The van der Waals surface area contributed by atoms with Crippen LogP contribution in [-0.2, 0) is 19.1 Å². The predicted octanol–water partition coefficient (Wildman–Crippen LogP) is 2.95. The molecule has 0 spiro atoms. The first-order valence-corrected chi connectivity index (χ1v) is 19.2. The number of thiazole rings is 1. The predicted molar refractivity (Wildman–Crippen MR) is 195 cm³/mol. The maximum atomic E-state index is 15.3. The lowest BCUT2D eigenvalue weighted by molar-refractivity contribution is -0.136. The van der Waals surface area contributed by atoms with Gasteiger partial charge < -0.3 is 24.6 Å². The fraction of sp³-hybridized carbons (Fsp3) is 0.459. The number of benzene rings is 2. The van der Waals surface area contributed by atoms with Gasteiger partial charge in [-0.1, -0.05) is 6.42 Å². The van der Waals surface area contributed by atoms with Crippen molar-refractivity contribution in [1.82, 2.24) is 25.4 Å². The number of ether oxygens (including phenoxy) is 2. The lowest BCUT2D eigenvalue weighted by Crippen LogP contribution is -2.54. The van der Waals surface area contributed by atoms with E-state index in [-0.39, 0.29) is 41.0 Å². The van der Waals surface area contributed by atoms with Crippen molar-refractivity contribution in [3.05, 3.63) is 58.2 Å². The van der Waals surface area contributed by atoms with Crippen LogP contribution in [0.1, 0.15) is 52.8 Å². The molecule has 0 radical (unpaired) electrons. The number of unbranched alkanes of at least 4 members (excludes halogenated alkanes) is 2. The lowest BCUT2D eigenvalue weighted by Gasteiger charge is -2.36. The summed E-state index contributed by atoms with van der Waals surface area (Å²) in [6, 6.07) is 3.70. The van der Waals surface area contributed by atoms with Gasteiger partial charge in [0.1, 0.15) is 11.9 Å². The molecule has 1 unspecified atom stereocenters. The summed E-state index contributed by atoms with van der Waals surface area (Å²) in [7, 11) is 0. The molecule has 5 amide bonds. The van der Waals surface area contributed by atoms with Crippen molar-refractivity contribution in [3.63, 3.8) is 0 Å². The third-order valence-electron chi connectivity index (χ3n) is 10.1. The largest absolute Gasteiger partial charge is 0.480 e. The van der Waals surface area contributed by atoms with E-state index in [1.807, 2.05) is 4.90 Å². The molecule has 2 N–H and O–H groups in total. The highest BCUT2D eigenvalue weighted by molar-refractivity contribution is 7.14. The Morgan fingerprint density at radius 1 is 0.909 bits per heavy atom. The second kappa shape index (κ2) is 16.7. The zero-order valence-electron chi connectivity index (χ0n) is 29.9. The Kier molecular flexibility index (Phi) is 11.6. The molecule has 18 heteroatoms. The molecule has 55 heavy (non-hydrogen) atoms. The van der Waals surface area contributed by atoms with Gasteiger partial charge in [-0.25, -0.2) is 13.8 Å². The molecule has 0 aliphatic carbocycles. The Hall–Kier alpha value is -5.07. The van der Waals surface area contributed by atoms with Crippen molar-refractivity contribution < 1.29 is 46.6 Å². The molecule has 3 saturated heterocycles. The number of hydrogen-bond donors (Lipinski definition) is 2. The van der Waals surface area contributed by atoms with E-state index in [1.165, 1.54) is 23.5 Å². The topological polar surface area (TPSA) is 154 Å². The quantitative estimate of drug-likeness (QED) is 0.195. The highest BCUT2D eigenvalue weighted by atomic mass is 32.1.